The van der Waals surface area contributed by atoms with E-state index in [4.69, 9.17) is 28.9 Å². The number of nitrogens with two attached hydrogens (primary N) is 1. The molecule has 6 heteroatoms. The van der Waals surface area contributed by atoms with Crippen molar-refractivity contribution in [3.63, 3.8) is 0 Å². The molecule has 1 aliphatic heterocycles. The maximum absolute atomic E-state index is 12.8. The second-order valence-corrected chi connectivity index (χ2v) is 7.48. The highest BCUT2D eigenvalue weighted by molar-refractivity contribution is 6.34. The monoisotopic (exact) mass is 376 g/mol. The summed E-state index contributed by atoms with van der Waals surface area (Å²) in [7, 11) is 0. The first-order valence-corrected chi connectivity index (χ1v) is 8.75. The number of hydrogen-bond donors (Lipinski definition) is 1. The molecule has 1 heterocycles. The van der Waals surface area contributed by atoms with Crippen LogP contribution in [0.25, 0.3) is 0 Å². The number of halogens is 3. The van der Waals surface area contributed by atoms with E-state index in [9.17, 15) is 4.79 Å². The lowest BCUT2D eigenvalue weighted by Gasteiger charge is -2.38. The molecule has 1 saturated carbocycles. The van der Waals surface area contributed by atoms with Gasteiger partial charge in [0.05, 0.1) is 0 Å². The summed E-state index contributed by atoms with van der Waals surface area (Å²) >= 11 is 12.1. The molecule has 2 N–H and O–H groups in total. The molecule has 3 nitrogen and oxygen atoms in total. The fourth-order valence-corrected chi connectivity index (χ4v) is 4.16. The Morgan fingerprint density at radius 2 is 1.91 bits per heavy atom. The molecule has 0 aromatic heterocycles. The normalized spacial score (nSPS) is 28.0. The number of carbonyl (C=O) groups is 1. The number of rotatable bonds is 3. The number of piperidine rings is 1. The lowest BCUT2D eigenvalue weighted by atomic mass is 9.96. The van der Waals surface area contributed by atoms with Crippen LogP contribution in [0.3, 0.4) is 0 Å². The van der Waals surface area contributed by atoms with Crippen LogP contribution in [0.1, 0.15) is 44.1 Å². The van der Waals surface area contributed by atoms with Crippen LogP contribution < -0.4 is 5.73 Å². The van der Waals surface area contributed by atoms with E-state index in [1.807, 2.05) is 24.0 Å². The smallest absolute Gasteiger partial charge is 0.226 e. The van der Waals surface area contributed by atoms with E-state index in [1.165, 1.54) is 0 Å². The molecule has 2 fully saturated rings. The highest BCUT2D eigenvalue weighted by Crippen LogP contribution is 2.50. The quantitative estimate of drug-likeness (QED) is 0.856. The van der Waals surface area contributed by atoms with Crippen LogP contribution in [0.15, 0.2) is 18.2 Å². The van der Waals surface area contributed by atoms with E-state index in [2.05, 4.69) is 0 Å². The van der Waals surface area contributed by atoms with E-state index in [0.29, 0.717) is 10.0 Å². The molecular weight excluding hydrogens is 355 g/mol. The van der Waals surface area contributed by atoms with Crippen LogP contribution in [0, 0.1) is 5.92 Å². The maximum Gasteiger partial charge on any atom is 0.226 e. The summed E-state index contributed by atoms with van der Waals surface area (Å²) in [6.07, 6.45) is 4.14. The molecule has 128 valence electrons. The van der Waals surface area contributed by atoms with E-state index >= 15 is 0 Å². The molecule has 0 spiro atoms. The molecule has 1 aliphatic carbocycles. The Balaban J connectivity index is 0.00000192. The van der Waals surface area contributed by atoms with Crippen LogP contribution in [0.4, 0.5) is 0 Å². The van der Waals surface area contributed by atoms with Crippen LogP contribution in [0.2, 0.25) is 10.0 Å². The third kappa shape index (κ3) is 4.14. The molecule has 1 aromatic rings. The van der Waals surface area contributed by atoms with E-state index in [0.717, 1.165) is 37.8 Å². The van der Waals surface area contributed by atoms with Gasteiger partial charge in [0.25, 0.3) is 0 Å². The van der Waals surface area contributed by atoms with Gasteiger partial charge in [0, 0.05) is 34.6 Å². The molecule has 1 saturated heterocycles. The minimum atomic E-state index is 0. The minimum absolute atomic E-state index is 0. The van der Waals surface area contributed by atoms with E-state index in [1.54, 1.807) is 6.07 Å². The van der Waals surface area contributed by atoms with Gasteiger partial charge in [0.15, 0.2) is 0 Å². The van der Waals surface area contributed by atoms with Gasteiger partial charge in [0.1, 0.15) is 0 Å². The molecule has 3 rings (SSSR count). The first kappa shape index (κ1) is 18.9. The molecule has 4 atom stereocenters. The minimum Gasteiger partial charge on any atom is -0.338 e. The van der Waals surface area contributed by atoms with Crippen molar-refractivity contribution >= 4 is 41.5 Å². The van der Waals surface area contributed by atoms with Crippen LogP contribution >= 0.6 is 35.6 Å². The standard InChI is InChI=1S/C17H22Cl2N2O.ClH/c1-10(20)16-4-2-3-5-21(16)17(22)15-9-14(15)11-6-12(18)8-13(19)7-11;/h6-8,10,14-16H,2-5,9,20H2,1H3;1H. The van der Waals surface area contributed by atoms with Crippen molar-refractivity contribution in [1.82, 2.24) is 4.90 Å². The van der Waals surface area contributed by atoms with Crippen molar-refractivity contribution in [2.45, 2.75) is 50.6 Å². The molecule has 23 heavy (non-hydrogen) atoms. The van der Waals surface area contributed by atoms with E-state index < -0.39 is 0 Å². The number of likely N-dealkylation sites (tertiary alicyclic amines) is 1. The van der Waals surface area contributed by atoms with Crippen molar-refractivity contribution in [2.24, 2.45) is 11.7 Å². The topological polar surface area (TPSA) is 46.3 Å². The van der Waals surface area contributed by atoms with Gasteiger partial charge < -0.3 is 10.6 Å². The van der Waals surface area contributed by atoms with Gasteiger partial charge in [0.2, 0.25) is 5.91 Å². The SMILES string of the molecule is CC(N)C1CCCCN1C(=O)C1CC1c1cc(Cl)cc(Cl)c1.Cl. The average molecular weight is 378 g/mol. The molecule has 1 amide bonds. The van der Waals surface area contributed by atoms with Gasteiger partial charge in [-0.25, -0.2) is 0 Å². The van der Waals surface area contributed by atoms with Crippen molar-refractivity contribution < 1.29 is 4.79 Å². The fraction of sp³-hybridized carbons (Fsp3) is 0.588. The molecule has 1 aromatic carbocycles. The highest BCUT2D eigenvalue weighted by atomic mass is 35.5. The fourth-order valence-electron chi connectivity index (χ4n) is 3.62. The molecule has 0 radical (unpaired) electrons. The lowest BCUT2D eigenvalue weighted by Crippen LogP contribution is -2.52. The highest BCUT2D eigenvalue weighted by Gasteiger charge is 2.47. The summed E-state index contributed by atoms with van der Waals surface area (Å²) in [6, 6.07) is 5.78. The molecule has 2 aliphatic rings. The first-order chi connectivity index (χ1) is 10.5. The summed E-state index contributed by atoms with van der Waals surface area (Å²) < 4.78 is 0. The van der Waals surface area contributed by atoms with Crippen LogP contribution in [-0.2, 0) is 4.79 Å². The van der Waals surface area contributed by atoms with Gasteiger partial charge in [-0.05, 0) is 62.3 Å². The first-order valence-electron chi connectivity index (χ1n) is 7.99. The zero-order chi connectivity index (χ0) is 15.9. The Morgan fingerprint density at radius 3 is 2.52 bits per heavy atom. The lowest BCUT2D eigenvalue weighted by molar-refractivity contribution is -0.136. The second kappa shape index (κ2) is 7.60. The van der Waals surface area contributed by atoms with Gasteiger partial charge in [-0.1, -0.05) is 23.2 Å². The van der Waals surface area contributed by atoms with Gasteiger partial charge in [-0.3, -0.25) is 4.79 Å². The van der Waals surface area contributed by atoms with E-state index in [-0.39, 0.29) is 42.2 Å². The zero-order valence-electron chi connectivity index (χ0n) is 13.2. The Bertz CT molecular complexity index is 559. The third-order valence-corrected chi connectivity index (χ3v) is 5.30. The Hall–Kier alpha value is -0.480. The summed E-state index contributed by atoms with van der Waals surface area (Å²) in [4.78, 5) is 14.9. The molecule has 0 bridgehead atoms. The van der Waals surface area contributed by atoms with Crippen LogP contribution in [-0.4, -0.2) is 29.4 Å². The second-order valence-electron chi connectivity index (χ2n) is 6.61. The van der Waals surface area contributed by atoms with Crippen molar-refractivity contribution in [3.05, 3.63) is 33.8 Å². The Labute approximate surface area is 153 Å². The number of hydrogen-bond acceptors (Lipinski definition) is 2. The van der Waals surface area contributed by atoms with Gasteiger partial charge >= 0.3 is 0 Å². The Kier molecular flexibility index (Phi) is 6.23. The summed E-state index contributed by atoms with van der Waals surface area (Å²) in [5, 5.41) is 1.26. The predicted octanol–water partition coefficient (Wildman–Crippen LogP) is 4.25. The van der Waals surface area contributed by atoms with Gasteiger partial charge in [-0.2, -0.15) is 0 Å². The van der Waals surface area contributed by atoms with Crippen molar-refractivity contribution in [3.8, 4) is 0 Å². The van der Waals surface area contributed by atoms with Crippen molar-refractivity contribution in [1.29, 1.82) is 0 Å². The van der Waals surface area contributed by atoms with Crippen molar-refractivity contribution in [2.75, 3.05) is 6.54 Å². The third-order valence-electron chi connectivity index (χ3n) is 4.86. The number of benzene rings is 1. The van der Waals surface area contributed by atoms with Crippen LogP contribution in [0.5, 0.6) is 0 Å². The Morgan fingerprint density at radius 1 is 1.26 bits per heavy atom. The number of carbonyl (C=O) groups excluding carboxylic acids is 1. The maximum atomic E-state index is 12.8. The van der Waals surface area contributed by atoms with Gasteiger partial charge in [-0.15, -0.1) is 12.4 Å². The average Bonchev–Trinajstić information content (AvgIpc) is 3.26. The largest absolute Gasteiger partial charge is 0.338 e. The molecule has 4 unspecified atom stereocenters. The number of amides is 1. The zero-order valence-corrected chi connectivity index (χ0v) is 15.5. The summed E-state index contributed by atoms with van der Waals surface area (Å²) in [5.41, 5.74) is 7.15. The summed E-state index contributed by atoms with van der Waals surface area (Å²) in [5.74, 6) is 0.566. The number of nitrogens with zero attached hydrogens (tertiary/aromatic N) is 1. The molecular formula is C17H23Cl3N2O. The summed E-state index contributed by atoms with van der Waals surface area (Å²) in [6.45, 7) is 2.84. The predicted molar refractivity (Wildman–Crippen MR) is 97.6 cm³/mol.